The van der Waals surface area contributed by atoms with Gasteiger partial charge < -0.3 is 5.32 Å². The lowest BCUT2D eigenvalue weighted by Gasteiger charge is -2.25. The van der Waals surface area contributed by atoms with Crippen molar-refractivity contribution in [1.82, 2.24) is 0 Å². The summed E-state index contributed by atoms with van der Waals surface area (Å²) in [6.07, 6.45) is -4.90. The fraction of sp³-hybridized carbons (Fsp3) is 0.0741. The molecule has 0 radical (unpaired) electrons. The third-order valence-electron chi connectivity index (χ3n) is 5.71. The lowest BCUT2D eigenvalue weighted by Crippen LogP contribution is -2.38. The van der Waals surface area contributed by atoms with E-state index >= 15 is 0 Å². The fourth-order valence-electron chi connectivity index (χ4n) is 3.70. The van der Waals surface area contributed by atoms with Crippen LogP contribution in [-0.4, -0.2) is 29.3 Å². The SMILES string of the molecule is O=C(CN(c1ccc(Cl)c(C(F)(F)F)c1)S(=O)(=O)c1ccccc1)Nc1ccc(S(=O)(=O)Nc2ccc(F)cc2)cc1. The van der Waals surface area contributed by atoms with Gasteiger partial charge in [-0.1, -0.05) is 29.8 Å². The Hall–Kier alpha value is -4.14. The molecule has 0 unspecified atom stereocenters. The van der Waals surface area contributed by atoms with Gasteiger partial charge in [-0.05, 0) is 78.9 Å². The molecule has 2 N–H and O–H groups in total. The van der Waals surface area contributed by atoms with Crippen LogP contribution < -0.4 is 14.3 Å². The molecule has 0 fully saturated rings. The van der Waals surface area contributed by atoms with Gasteiger partial charge in [0.15, 0.2) is 0 Å². The summed E-state index contributed by atoms with van der Waals surface area (Å²) in [7, 11) is -8.60. The van der Waals surface area contributed by atoms with Crippen LogP contribution >= 0.6 is 11.6 Å². The zero-order chi connectivity index (χ0) is 30.7. The first-order valence-electron chi connectivity index (χ1n) is 11.8. The molecule has 15 heteroatoms. The molecule has 0 aliphatic rings. The lowest BCUT2D eigenvalue weighted by molar-refractivity contribution is -0.137. The monoisotopic (exact) mass is 641 g/mol. The average Bonchev–Trinajstić information content (AvgIpc) is 2.93. The summed E-state index contributed by atoms with van der Waals surface area (Å²) in [6, 6.07) is 18.7. The second-order valence-electron chi connectivity index (χ2n) is 8.67. The predicted octanol–water partition coefficient (Wildman–Crippen LogP) is 6.13. The summed E-state index contributed by atoms with van der Waals surface area (Å²) in [5.74, 6) is -1.48. The van der Waals surface area contributed by atoms with Gasteiger partial charge in [-0.15, -0.1) is 0 Å². The van der Waals surface area contributed by atoms with E-state index in [1.54, 1.807) is 6.07 Å². The minimum absolute atomic E-state index is 0.0740. The highest BCUT2D eigenvalue weighted by atomic mass is 35.5. The summed E-state index contributed by atoms with van der Waals surface area (Å²) in [5, 5.41) is 1.75. The summed E-state index contributed by atoms with van der Waals surface area (Å²) in [6.45, 7) is -0.928. The van der Waals surface area contributed by atoms with Crippen LogP contribution in [0.4, 0.5) is 34.6 Å². The zero-order valence-electron chi connectivity index (χ0n) is 21.1. The zero-order valence-corrected chi connectivity index (χ0v) is 23.5. The van der Waals surface area contributed by atoms with Crippen molar-refractivity contribution in [2.24, 2.45) is 0 Å². The second kappa shape index (κ2) is 12.0. The number of rotatable bonds is 9. The Bertz CT molecular complexity index is 1800. The van der Waals surface area contributed by atoms with Crippen molar-refractivity contribution in [2.45, 2.75) is 16.0 Å². The molecule has 4 rings (SSSR count). The molecule has 0 aromatic heterocycles. The van der Waals surface area contributed by atoms with Gasteiger partial charge in [0.25, 0.3) is 20.0 Å². The molecule has 220 valence electrons. The largest absolute Gasteiger partial charge is 0.417 e. The molecule has 0 saturated carbocycles. The molecule has 0 bridgehead atoms. The lowest BCUT2D eigenvalue weighted by atomic mass is 10.2. The maximum atomic E-state index is 13.5. The third kappa shape index (κ3) is 7.19. The quantitative estimate of drug-likeness (QED) is 0.214. The third-order valence-corrected chi connectivity index (χ3v) is 9.22. The van der Waals surface area contributed by atoms with Crippen LogP contribution in [0, 0.1) is 5.82 Å². The first-order valence-corrected chi connectivity index (χ1v) is 15.1. The van der Waals surface area contributed by atoms with Crippen LogP contribution in [0.5, 0.6) is 0 Å². The maximum Gasteiger partial charge on any atom is 0.417 e. The van der Waals surface area contributed by atoms with E-state index in [0.29, 0.717) is 10.4 Å². The highest BCUT2D eigenvalue weighted by Crippen LogP contribution is 2.38. The van der Waals surface area contributed by atoms with E-state index in [1.165, 1.54) is 48.5 Å². The van der Waals surface area contributed by atoms with Crippen LogP contribution in [0.3, 0.4) is 0 Å². The normalized spacial score (nSPS) is 12.0. The number of amides is 1. The summed E-state index contributed by atoms with van der Waals surface area (Å²) in [5.41, 5.74) is -1.56. The Kier molecular flexibility index (Phi) is 8.80. The van der Waals surface area contributed by atoms with Gasteiger partial charge >= 0.3 is 6.18 Å². The van der Waals surface area contributed by atoms with Crippen molar-refractivity contribution in [1.29, 1.82) is 0 Å². The summed E-state index contributed by atoms with van der Waals surface area (Å²) < 4.78 is 109. The van der Waals surface area contributed by atoms with Crippen LogP contribution in [0.1, 0.15) is 5.56 Å². The number of hydrogen-bond donors (Lipinski definition) is 2. The molecule has 0 spiro atoms. The molecule has 4 aromatic rings. The number of sulfonamides is 2. The number of alkyl halides is 3. The molecular weight excluding hydrogens is 622 g/mol. The van der Waals surface area contributed by atoms with E-state index in [0.717, 1.165) is 36.4 Å². The summed E-state index contributed by atoms with van der Waals surface area (Å²) >= 11 is 5.70. The molecule has 0 heterocycles. The Morgan fingerprint density at radius 3 is 1.98 bits per heavy atom. The van der Waals surface area contributed by atoms with Crippen molar-refractivity contribution >= 4 is 54.6 Å². The molecular formula is C27H20ClF4N3O5S2. The Morgan fingerprint density at radius 1 is 0.786 bits per heavy atom. The number of carbonyl (C=O) groups is 1. The number of halogens is 5. The number of nitrogens with one attached hydrogen (secondary N) is 2. The highest BCUT2D eigenvalue weighted by Gasteiger charge is 2.35. The Balaban J connectivity index is 1.58. The average molecular weight is 642 g/mol. The van der Waals surface area contributed by atoms with Crippen LogP contribution in [-0.2, 0) is 31.0 Å². The smallest absolute Gasteiger partial charge is 0.325 e. The van der Waals surface area contributed by atoms with Gasteiger partial charge in [0.05, 0.1) is 26.1 Å². The first kappa shape index (κ1) is 30.8. The minimum atomic E-state index is -4.90. The van der Waals surface area contributed by atoms with Gasteiger partial charge in [0, 0.05) is 11.4 Å². The second-order valence-corrected chi connectivity index (χ2v) is 12.6. The van der Waals surface area contributed by atoms with Crippen molar-refractivity contribution in [3.63, 3.8) is 0 Å². The molecule has 1 amide bonds. The van der Waals surface area contributed by atoms with Crippen molar-refractivity contribution < 1.29 is 39.2 Å². The number of benzene rings is 4. The first-order chi connectivity index (χ1) is 19.7. The van der Waals surface area contributed by atoms with Gasteiger partial charge in [-0.25, -0.2) is 21.2 Å². The maximum absolute atomic E-state index is 13.5. The van der Waals surface area contributed by atoms with Crippen LogP contribution in [0.25, 0.3) is 0 Å². The van der Waals surface area contributed by atoms with E-state index in [4.69, 9.17) is 11.6 Å². The molecule has 0 saturated heterocycles. The minimum Gasteiger partial charge on any atom is -0.325 e. The number of hydrogen-bond acceptors (Lipinski definition) is 5. The van der Waals surface area contributed by atoms with Gasteiger partial charge in [-0.2, -0.15) is 13.2 Å². The predicted molar refractivity (Wildman–Crippen MR) is 150 cm³/mol. The standard InChI is InChI=1S/C27H20ClF4N3O5S2/c28-25-15-12-21(16-24(25)27(30,31)32)35(42(39,40)23-4-2-1-3-5-23)17-26(36)33-19-10-13-22(14-11-19)41(37,38)34-20-8-6-18(29)7-9-20/h1-16,34H,17H2,(H,33,36). The fourth-order valence-corrected chi connectivity index (χ4v) is 6.42. The molecule has 0 aliphatic heterocycles. The molecule has 42 heavy (non-hydrogen) atoms. The van der Waals surface area contributed by atoms with Crippen LogP contribution in [0.15, 0.2) is 107 Å². The van der Waals surface area contributed by atoms with E-state index in [9.17, 15) is 39.2 Å². The molecule has 0 aliphatic carbocycles. The highest BCUT2D eigenvalue weighted by molar-refractivity contribution is 7.93. The summed E-state index contributed by atoms with van der Waals surface area (Å²) in [4.78, 5) is 12.5. The number of nitrogens with zero attached hydrogens (tertiary/aromatic N) is 1. The Morgan fingerprint density at radius 2 is 1.38 bits per heavy atom. The van der Waals surface area contributed by atoms with Gasteiger partial charge in [-0.3, -0.25) is 13.8 Å². The molecule has 0 atom stereocenters. The van der Waals surface area contributed by atoms with Gasteiger partial charge in [0.1, 0.15) is 12.4 Å². The van der Waals surface area contributed by atoms with E-state index in [2.05, 4.69) is 10.0 Å². The van der Waals surface area contributed by atoms with Crippen molar-refractivity contribution in [2.75, 3.05) is 20.9 Å². The van der Waals surface area contributed by atoms with E-state index in [1.807, 2.05) is 0 Å². The van der Waals surface area contributed by atoms with Crippen molar-refractivity contribution in [3.05, 3.63) is 113 Å². The van der Waals surface area contributed by atoms with E-state index in [-0.39, 0.29) is 21.2 Å². The van der Waals surface area contributed by atoms with Crippen molar-refractivity contribution in [3.8, 4) is 0 Å². The number of carbonyl (C=O) groups excluding carboxylic acids is 1. The topological polar surface area (TPSA) is 113 Å². The van der Waals surface area contributed by atoms with Gasteiger partial charge in [0.2, 0.25) is 5.91 Å². The number of anilines is 3. The molecule has 4 aromatic carbocycles. The van der Waals surface area contributed by atoms with E-state index < -0.39 is 60.8 Å². The Labute approximate surface area is 243 Å². The molecule has 8 nitrogen and oxygen atoms in total. The van der Waals surface area contributed by atoms with Crippen LogP contribution in [0.2, 0.25) is 5.02 Å².